The molecule has 1 aliphatic heterocycles. The zero-order valence-corrected chi connectivity index (χ0v) is 17.7. The van der Waals surface area contributed by atoms with Gasteiger partial charge >= 0.3 is 0 Å². The van der Waals surface area contributed by atoms with Gasteiger partial charge in [-0.15, -0.1) is 0 Å². The number of benzene rings is 1. The molecule has 0 bridgehead atoms. The monoisotopic (exact) mass is 432 g/mol. The first-order valence-corrected chi connectivity index (χ1v) is 10.4. The minimum Gasteiger partial charge on any atom is -0.369 e. The number of anilines is 1. The van der Waals surface area contributed by atoms with Gasteiger partial charge in [-0.1, -0.05) is 15.9 Å². The van der Waals surface area contributed by atoms with E-state index in [2.05, 4.69) is 70.3 Å². The second kappa shape index (κ2) is 9.78. The van der Waals surface area contributed by atoms with Crippen LogP contribution in [-0.2, 0) is 6.54 Å². The molecule has 0 radical (unpaired) electrons. The van der Waals surface area contributed by atoms with Crippen molar-refractivity contribution in [3.63, 3.8) is 0 Å². The maximum atomic E-state index is 4.38. The van der Waals surface area contributed by atoms with Gasteiger partial charge in [0.05, 0.1) is 0 Å². The van der Waals surface area contributed by atoms with Crippen LogP contribution in [0.2, 0.25) is 0 Å². The van der Waals surface area contributed by atoms with Crippen LogP contribution in [0.3, 0.4) is 0 Å². The van der Waals surface area contributed by atoms with Gasteiger partial charge in [0.25, 0.3) is 0 Å². The van der Waals surface area contributed by atoms with Crippen LogP contribution in [0.4, 0.5) is 5.69 Å². The standard InChI is InChI=1S/C20H29BrN6/c1-16-23-11-14-26(16)12-4-3-10-24-20(22-2)25-18-9-13-27(15-18)19-7-5-17(21)6-8-19/h5-8,11,14,18H,3-4,9-10,12-13,15H2,1-2H3,(H2,22,24,25). The van der Waals surface area contributed by atoms with E-state index < -0.39 is 0 Å². The Hall–Kier alpha value is -2.02. The maximum Gasteiger partial charge on any atom is 0.191 e. The lowest BCUT2D eigenvalue weighted by atomic mass is 10.2. The smallest absolute Gasteiger partial charge is 0.191 e. The number of rotatable bonds is 7. The molecule has 7 heteroatoms. The number of aromatic nitrogens is 2. The van der Waals surface area contributed by atoms with Crippen molar-refractivity contribution in [1.29, 1.82) is 0 Å². The van der Waals surface area contributed by atoms with E-state index in [1.165, 1.54) is 5.69 Å². The Labute approximate surface area is 170 Å². The van der Waals surface area contributed by atoms with Crippen LogP contribution in [0.25, 0.3) is 0 Å². The van der Waals surface area contributed by atoms with Crippen molar-refractivity contribution < 1.29 is 0 Å². The van der Waals surface area contributed by atoms with Crippen LogP contribution in [-0.4, -0.2) is 48.2 Å². The summed E-state index contributed by atoms with van der Waals surface area (Å²) in [6.07, 6.45) is 7.26. The van der Waals surface area contributed by atoms with Crippen molar-refractivity contribution in [2.24, 2.45) is 4.99 Å². The van der Waals surface area contributed by atoms with Crippen LogP contribution in [0.1, 0.15) is 25.1 Å². The van der Waals surface area contributed by atoms with E-state index in [0.717, 1.165) is 61.7 Å². The highest BCUT2D eigenvalue weighted by Crippen LogP contribution is 2.22. The molecule has 0 saturated carbocycles. The van der Waals surface area contributed by atoms with Gasteiger partial charge in [0.15, 0.2) is 5.96 Å². The van der Waals surface area contributed by atoms with Gasteiger partial charge in [-0.25, -0.2) is 4.98 Å². The fourth-order valence-electron chi connectivity index (χ4n) is 3.41. The molecule has 1 aliphatic rings. The topological polar surface area (TPSA) is 57.5 Å². The number of hydrogen-bond donors (Lipinski definition) is 2. The van der Waals surface area contributed by atoms with E-state index in [4.69, 9.17) is 0 Å². The SMILES string of the molecule is CN=C(NCCCCn1ccnc1C)NC1CCN(c2ccc(Br)cc2)C1. The molecule has 27 heavy (non-hydrogen) atoms. The highest BCUT2D eigenvalue weighted by Gasteiger charge is 2.23. The van der Waals surface area contributed by atoms with Gasteiger partial charge in [-0.3, -0.25) is 4.99 Å². The molecule has 1 aromatic heterocycles. The number of aryl methyl sites for hydroxylation is 2. The molecule has 2 heterocycles. The highest BCUT2D eigenvalue weighted by molar-refractivity contribution is 9.10. The van der Waals surface area contributed by atoms with Gasteiger partial charge in [0.1, 0.15) is 5.82 Å². The van der Waals surface area contributed by atoms with Crippen LogP contribution in [0.15, 0.2) is 46.1 Å². The third kappa shape index (κ3) is 5.73. The van der Waals surface area contributed by atoms with E-state index >= 15 is 0 Å². The van der Waals surface area contributed by atoms with Crippen molar-refractivity contribution in [3.05, 3.63) is 47.0 Å². The first kappa shape index (κ1) is 19.7. The summed E-state index contributed by atoms with van der Waals surface area (Å²) >= 11 is 3.50. The van der Waals surface area contributed by atoms with E-state index in [1.807, 2.05) is 26.4 Å². The number of nitrogens with zero attached hydrogens (tertiary/aromatic N) is 4. The Kier molecular flexibility index (Phi) is 7.15. The largest absolute Gasteiger partial charge is 0.369 e. The van der Waals surface area contributed by atoms with Crippen molar-refractivity contribution in [3.8, 4) is 0 Å². The highest BCUT2D eigenvalue weighted by atomic mass is 79.9. The number of unbranched alkanes of at least 4 members (excludes halogenated alkanes) is 1. The average Bonchev–Trinajstić information content (AvgIpc) is 3.30. The number of imidazole rings is 1. The number of halogens is 1. The Morgan fingerprint density at radius 2 is 2.11 bits per heavy atom. The molecule has 1 atom stereocenters. The summed E-state index contributed by atoms with van der Waals surface area (Å²) in [5.41, 5.74) is 1.28. The summed E-state index contributed by atoms with van der Waals surface area (Å²) < 4.78 is 3.32. The molecule has 0 spiro atoms. The molecule has 0 amide bonds. The fraction of sp³-hybridized carbons (Fsp3) is 0.500. The second-order valence-corrected chi connectivity index (χ2v) is 7.84. The normalized spacial score (nSPS) is 17.4. The molecule has 3 rings (SSSR count). The first-order chi connectivity index (χ1) is 13.2. The van der Waals surface area contributed by atoms with Crippen LogP contribution >= 0.6 is 15.9 Å². The quantitative estimate of drug-likeness (QED) is 0.400. The summed E-state index contributed by atoms with van der Waals surface area (Å²) in [4.78, 5) is 11.1. The summed E-state index contributed by atoms with van der Waals surface area (Å²) in [5.74, 6) is 1.98. The molecule has 1 aromatic carbocycles. The summed E-state index contributed by atoms with van der Waals surface area (Å²) in [7, 11) is 1.84. The van der Waals surface area contributed by atoms with Gasteiger partial charge in [-0.05, 0) is 50.5 Å². The summed E-state index contributed by atoms with van der Waals surface area (Å²) in [6, 6.07) is 8.96. The molecule has 6 nitrogen and oxygen atoms in total. The van der Waals surface area contributed by atoms with E-state index in [9.17, 15) is 0 Å². The van der Waals surface area contributed by atoms with Crippen molar-refractivity contribution in [2.45, 2.75) is 38.8 Å². The van der Waals surface area contributed by atoms with E-state index in [-0.39, 0.29) is 0 Å². The van der Waals surface area contributed by atoms with Gasteiger partial charge in [0.2, 0.25) is 0 Å². The second-order valence-electron chi connectivity index (χ2n) is 6.93. The molecular formula is C20H29BrN6. The van der Waals surface area contributed by atoms with Crippen LogP contribution in [0.5, 0.6) is 0 Å². The number of hydrogen-bond acceptors (Lipinski definition) is 3. The molecule has 2 aromatic rings. The van der Waals surface area contributed by atoms with Crippen LogP contribution in [0, 0.1) is 6.92 Å². The van der Waals surface area contributed by atoms with Crippen molar-refractivity contribution in [1.82, 2.24) is 20.2 Å². The Balaban J connectivity index is 1.36. The Morgan fingerprint density at radius 3 is 2.81 bits per heavy atom. The van der Waals surface area contributed by atoms with Gasteiger partial charge in [-0.2, -0.15) is 0 Å². The lowest BCUT2D eigenvalue weighted by Crippen LogP contribution is -2.44. The third-order valence-electron chi connectivity index (χ3n) is 4.99. The molecular weight excluding hydrogens is 404 g/mol. The van der Waals surface area contributed by atoms with Gasteiger partial charge < -0.3 is 20.1 Å². The maximum absolute atomic E-state index is 4.38. The zero-order valence-electron chi connectivity index (χ0n) is 16.2. The first-order valence-electron chi connectivity index (χ1n) is 9.61. The number of nitrogens with one attached hydrogen (secondary N) is 2. The fourth-order valence-corrected chi connectivity index (χ4v) is 3.67. The van der Waals surface area contributed by atoms with Crippen LogP contribution < -0.4 is 15.5 Å². The van der Waals surface area contributed by atoms with E-state index in [1.54, 1.807) is 0 Å². The lowest BCUT2D eigenvalue weighted by molar-refractivity contribution is 0.583. The van der Waals surface area contributed by atoms with Gasteiger partial charge in [0, 0.05) is 61.8 Å². The average molecular weight is 433 g/mol. The molecule has 146 valence electrons. The molecule has 0 aliphatic carbocycles. The van der Waals surface area contributed by atoms with Crippen molar-refractivity contribution in [2.75, 3.05) is 31.6 Å². The van der Waals surface area contributed by atoms with Crippen molar-refractivity contribution >= 4 is 27.6 Å². The molecule has 1 unspecified atom stereocenters. The summed E-state index contributed by atoms with van der Waals surface area (Å²) in [5, 5.41) is 7.01. The summed E-state index contributed by atoms with van der Waals surface area (Å²) in [6.45, 7) is 6.06. The Morgan fingerprint density at radius 1 is 1.30 bits per heavy atom. The number of aliphatic imine (C=N–C) groups is 1. The van der Waals surface area contributed by atoms with E-state index in [0.29, 0.717) is 6.04 Å². The number of guanidine groups is 1. The molecule has 1 saturated heterocycles. The lowest BCUT2D eigenvalue weighted by Gasteiger charge is -2.20. The zero-order chi connectivity index (χ0) is 19.1. The predicted molar refractivity (Wildman–Crippen MR) is 115 cm³/mol. The predicted octanol–water partition coefficient (Wildman–Crippen LogP) is 3.18. The molecule has 1 fully saturated rings. The minimum atomic E-state index is 0.424. The minimum absolute atomic E-state index is 0.424. The Bertz CT molecular complexity index is 739. The third-order valence-corrected chi connectivity index (χ3v) is 5.52. The molecule has 2 N–H and O–H groups in total.